The van der Waals surface area contributed by atoms with Crippen molar-refractivity contribution in [1.29, 1.82) is 0 Å². The van der Waals surface area contributed by atoms with Gasteiger partial charge in [0.15, 0.2) is 0 Å². The van der Waals surface area contributed by atoms with Crippen LogP contribution in [0.1, 0.15) is 29.5 Å². The molecule has 0 fully saturated rings. The molecule has 0 aliphatic rings. The summed E-state index contributed by atoms with van der Waals surface area (Å²) in [5.74, 6) is 0.203. The minimum Gasteiger partial charge on any atom is -0.266 e. The molecule has 0 bridgehead atoms. The molecule has 32 heavy (non-hydrogen) atoms. The number of halogens is 3. The molecule has 3 aromatic carbocycles. The maximum absolute atomic E-state index is 12.7. The number of aryl methyl sites for hydroxylation is 3. The van der Waals surface area contributed by atoms with Crippen molar-refractivity contribution in [2.45, 2.75) is 37.5 Å². The van der Waals surface area contributed by atoms with Gasteiger partial charge >= 0.3 is 0 Å². The predicted molar refractivity (Wildman–Crippen MR) is 124 cm³/mol. The van der Waals surface area contributed by atoms with Crippen LogP contribution in [-0.4, -0.2) is 20.9 Å². The van der Waals surface area contributed by atoms with Gasteiger partial charge in [0.05, 0.1) is 11.5 Å². The third-order valence-electron chi connectivity index (χ3n) is 4.58. The van der Waals surface area contributed by atoms with Gasteiger partial charge in [-0.05, 0) is 80.1 Å². The smallest absolute Gasteiger partial charge is 0.266 e. The molecule has 3 nitrogen and oxygen atoms in total. The lowest BCUT2D eigenvalue weighted by molar-refractivity contribution is 0.312. The monoisotopic (exact) mass is 480 g/mol. The zero-order chi connectivity index (χ0) is 23.4. The molecule has 3 rings (SSSR count). The van der Waals surface area contributed by atoms with E-state index in [2.05, 4.69) is 0 Å². The summed E-state index contributed by atoms with van der Waals surface area (Å²) in [6.07, 6.45) is 3.08. The van der Waals surface area contributed by atoms with Crippen LogP contribution in [0, 0.1) is 18.6 Å². The van der Waals surface area contributed by atoms with Gasteiger partial charge in [-0.25, -0.2) is 8.78 Å². The highest BCUT2D eigenvalue weighted by Gasteiger charge is 2.14. The van der Waals surface area contributed by atoms with E-state index in [0.717, 1.165) is 29.5 Å². The molecule has 0 unspecified atom stereocenters. The van der Waals surface area contributed by atoms with Crippen LogP contribution < -0.4 is 0 Å². The first kappa shape index (κ1) is 26.0. The summed E-state index contributed by atoms with van der Waals surface area (Å²) in [4.78, 5) is 0.162. The molecule has 3 aromatic rings. The number of hydrogen-bond donors (Lipinski definition) is 0. The molecule has 0 spiro atoms. The van der Waals surface area contributed by atoms with E-state index in [0.29, 0.717) is 18.7 Å². The molecule has 0 amide bonds. The van der Waals surface area contributed by atoms with E-state index in [-0.39, 0.29) is 23.1 Å². The predicted octanol–water partition coefficient (Wildman–Crippen LogP) is 6.47. The Balaban J connectivity index is 0.000000278. The molecule has 0 saturated heterocycles. The molecule has 0 N–H and O–H groups in total. The Morgan fingerprint density at radius 1 is 0.750 bits per heavy atom. The van der Waals surface area contributed by atoms with E-state index in [1.165, 1.54) is 36.4 Å². The normalized spacial score (nSPS) is 11.0. The fourth-order valence-electron chi connectivity index (χ4n) is 2.79. The second-order valence-corrected chi connectivity index (χ2v) is 9.23. The number of rotatable bonds is 9. The van der Waals surface area contributed by atoms with E-state index in [4.69, 9.17) is 15.8 Å². The molecule has 7 heteroatoms. The van der Waals surface area contributed by atoms with Crippen LogP contribution in [0.15, 0.2) is 77.7 Å². The van der Waals surface area contributed by atoms with Gasteiger partial charge in [0, 0.05) is 5.88 Å². The van der Waals surface area contributed by atoms with Crippen molar-refractivity contribution in [3.8, 4) is 0 Å². The first-order chi connectivity index (χ1) is 15.3. The third-order valence-corrected chi connectivity index (χ3v) is 6.18. The summed E-state index contributed by atoms with van der Waals surface area (Å²) in [7, 11) is -3.70. The van der Waals surface area contributed by atoms with Crippen LogP contribution in [0.2, 0.25) is 0 Å². The molecule has 0 aliphatic heterocycles. The lowest BCUT2D eigenvalue weighted by atomic mass is 10.1. The van der Waals surface area contributed by atoms with E-state index < -0.39 is 10.1 Å². The van der Waals surface area contributed by atoms with Gasteiger partial charge in [0.25, 0.3) is 10.1 Å². The molecular weight excluding hydrogens is 454 g/mol. The lowest BCUT2D eigenvalue weighted by Gasteiger charge is -2.06. The summed E-state index contributed by atoms with van der Waals surface area (Å²) >= 11 is 5.51. The fraction of sp³-hybridized carbons (Fsp3) is 0.280. The summed E-state index contributed by atoms with van der Waals surface area (Å²) in [6, 6.07) is 19.2. The van der Waals surface area contributed by atoms with Crippen LogP contribution in [-0.2, 0) is 27.1 Å². The van der Waals surface area contributed by atoms with Crippen LogP contribution in [0.4, 0.5) is 8.78 Å². The molecule has 0 aliphatic carbocycles. The maximum Gasteiger partial charge on any atom is 0.296 e. The standard InChI is InChI=1S/C16H17FO3S.C9H10ClF/c1-13-4-10-16(11-5-13)21(18,19)20-12-2-3-14-6-8-15(17)9-7-14;10-7-1-2-8-3-5-9(11)6-4-8/h4-11H,2-3,12H2,1H3;3-6H,1-2,7H2. The molecule has 0 radical (unpaired) electrons. The number of hydrogen-bond acceptors (Lipinski definition) is 3. The van der Waals surface area contributed by atoms with Gasteiger partial charge in [-0.3, -0.25) is 4.18 Å². The zero-order valence-electron chi connectivity index (χ0n) is 17.9. The quantitative estimate of drug-likeness (QED) is 0.200. The van der Waals surface area contributed by atoms with Crippen LogP contribution in [0.5, 0.6) is 0 Å². The van der Waals surface area contributed by atoms with Crippen LogP contribution in [0.3, 0.4) is 0 Å². The minimum atomic E-state index is -3.70. The Morgan fingerprint density at radius 3 is 1.69 bits per heavy atom. The summed E-state index contributed by atoms with van der Waals surface area (Å²) in [5, 5.41) is 0. The van der Waals surface area contributed by atoms with Crippen molar-refractivity contribution in [2.24, 2.45) is 0 Å². The van der Waals surface area contributed by atoms with Crippen molar-refractivity contribution in [2.75, 3.05) is 12.5 Å². The van der Waals surface area contributed by atoms with Crippen molar-refractivity contribution < 1.29 is 21.4 Å². The largest absolute Gasteiger partial charge is 0.296 e. The first-order valence-electron chi connectivity index (χ1n) is 10.3. The average Bonchev–Trinajstić information content (AvgIpc) is 2.78. The second kappa shape index (κ2) is 13.3. The van der Waals surface area contributed by atoms with Gasteiger partial charge in [-0.2, -0.15) is 8.42 Å². The van der Waals surface area contributed by atoms with E-state index in [1.54, 1.807) is 36.4 Å². The Labute approximate surface area is 194 Å². The Bertz CT molecular complexity index is 1040. The third kappa shape index (κ3) is 9.47. The topological polar surface area (TPSA) is 43.4 Å². The van der Waals surface area contributed by atoms with E-state index >= 15 is 0 Å². The Hall–Kier alpha value is -2.28. The van der Waals surface area contributed by atoms with E-state index in [9.17, 15) is 17.2 Å². The highest BCUT2D eigenvalue weighted by Crippen LogP contribution is 2.14. The van der Waals surface area contributed by atoms with Gasteiger partial charge in [0.2, 0.25) is 0 Å². The Morgan fingerprint density at radius 2 is 1.22 bits per heavy atom. The molecule has 0 heterocycles. The van der Waals surface area contributed by atoms with Crippen LogP contribution >= 0.6 is 11.6 Å². The van der Waals surface area contributed by atoms with Crippen LogP contribution in [0.25, 0.3) is 0 Å². The average molecular weight is 481 g/mol. The maximum atomic E-state index is 12.7. The summed E-state index contributed by atoms with van der Waals surface area (Å²) < 4.78 is 54.0. The number of alkyl halides is 1. The van der Waals surface area contributed by atoms with Crippen molar-refractivity contribution in [1.82, 2.24) is 0 Å². The van der Waals surface area contributed by atoms with E-state index in [1.807, 2.05) is 6.92 Å². The fourth-order valence-corrected chi connectivity index (χ4v) is 3.87. The molecule has 0 saturated carbocycles. The summed E-state index contributed by atoms with van der Waals surface area (Å²) in [6.45, 7) is 1.99. The second-order valence-electron chi connectivity index (χ2n) is 7.24. The molecule has 0 atom stereocenters. The zero-order valence-corrected chi connectivity index (χ0v) is 19.5. The molecular formula is C25H27ClF2O3S. The van der Waals surface area contributed by atoms with Crippen molar-refractivity contribution in [3.63, 3.8) is 0 Å². The molecule has 0 aromatic heterocycles. The van der Waals surface area contributed by atoms with Crippen molar-refractivity contribution in [3.05, 3.63) is 101 Å². The highest BCUT2D eigenvalue weighted by atomic mass is 35.5. The summed E-state index contributed by atoms with van der Waals surface area (Å²) in [5.41, 5.74) is 3.09. The van der Waals surface area contributed by atoms with Crippen molar-refractivity contribution >= 4 is 21.7 Å². The van der Waals surface area contributed by atoms with Gasteiger partial charge in [-0.15, -0.1) is 11.6 Å². The van der Waals surface area contributed by atoms with Gasteiger partial charge in [0.1, 0.15) is 11.6 Å². The Kier molecular flexibility index (Phi) is 10.8. The minimum absolute atomic E-state index is 0.105. The van der Waals surface area contributed by atoms with Gasteiger partial charge in [-0.1, -0.05) is 42.0 Å². The number of benzene rings is 3. The lowest BCUT2D eigenvalue weighted by Crippen LogP contribution is -2.08. The highest BCUT2D eigenvalue weighted by molar-refractivity contribution is 7.86. The molecule has 172 valence electrons. The SMILES string of the molecule is Cc1ccc(S(=O)(=O)OCCCc2ccc(F)cc2)cc1.Fc1ccc(CCCCl)cc1. The van der Waals surface area contributed by atoms with Gasteiger partial charge < -0.3 is 0 Å². The first-order valence-corrected chi connectivity index (χ1v) is 12.3.